The van der Waals surface area contributed by atoms with Gasteiger partial charge in [0.2, 0.25) is 5.13 Å². The van der Waals surface area contributed by atoms with Gasteiger partial charge in [0.15, 0.2) is 0 Å². The summed E-state index contributed by atoms with van der Waals surface area (Å²) >= 11 is 14.6. The van der Waals surface area contributed by atoms with Crippen LogP contribution in [0.4, 0.5) is 5.82 Å². The molecule has 4 aromatic rings. The minimum Gasteiger partial charge on any atom is -0.306 e. The molecule has 0 spiro atoms. The zero-order chi connectivity index (χ0) is 17.6. The number of thiazole rings is 1. The second-order valence-corrected chi connectivity index (χ2v) is 8.53. The van der Waals surface area contributed by atoms with E-state index in [4.69, 9.17) is 23.2 Å². The van der Waals surface area contributed by atoms with Crippen LogP contribution in [-0.4, -0.2) is 20.7 Å². The van der Waals surface area contributed by atoms with E-state index >= 15 is 0 Å². The van der Waals surface area contributed by atoms with Gasteiger partial charge in [0.05, 0.1) is 25.8 Å². The highest BCUT2D eigenvalue weighted by Gasteiger charge is 2.18. The van der Waals surface area contributed by atoms with Crippen molar-refractivity contribution in [2.24, 2.45) is 0 Å². The van der Waals surface area contributed by atoms with Crippen LogP contribution in [0.1, 0.15) is 16.1 Å². The molecule has 0 atom stereocenters. The van der Waals surface area contributed by atoms with Gasteiger partial charge in [-0.3, -0.25) is 4.79 Å². The summed E-state index contributed by atoms with van der Waals surface area (Å²) in [4.78, 5) is 17.1. The van der Waals surface area contributed by atoms with E-state index in [2.05, 4.69) is 15.4 Å². The molecule has 126 valence electrons. The van der Waals surface area contributed by atoms with Crippen molar-refractivity contribution >= 4 is 67.8 Å². The fourth-order valence-corrected chi connectivity index (χ4v) is 4.75. The molecular weight excluding hydrogens is 399 g/mol. The number of hydrogen-bond acceptors (Lipinski definition) is 5. The van der Waals surface area contributed by atoms with Gasteiger partial charge in [-0.15, -0.1) is 11.3 Å². The summed E-state index contributed by atoms with van der Waals surface area (Å²) in [6, 6.07) is 11.2. The Labute approximate surface area is 160 Å². The van der Waals surface area contributed by atoms with Crippen LogP contribution in [0.3, 0.4) is 0 Å². The van der Waals surface area contributed by atoms with Crippen molar-refractivity contribution in [2.75, 3.05) is 5.32 Å². The number of thiophene rings is 1. The van der Waals surface area contributed by atoms with Crippen molar-refractivity contribution < 1.29 is 4.79 Å². The molecule has 1 amide bonds. The Bertz CT molecular complexity index is 1070. The highest BCUT2D eigenvalue weighted by atomic mass is 35.5. The number of nitrogens with one attached hydrogen (secondary N) is 1. The summed E-state index contributed by atoms with van der Waals surface area (Å²) in [5.41, 5.74) is 2.00. The fraction of sp³-hybridized carbons (Fsp3) is 0.0625. The first kappa shape index (κ1) is 16.5. The van der Waals surface area contributed by atoms with Gasteiger partial charge in [0, 0.05) is 6.07 Å². The monoisotopic (exact) mass is 408 g/mol. The smallest absolute Gasteiger partial charge is 0.259 e. The number of nitrogens with zero attached hydrogens (tertiary/aromatic N) is 3. The molecule has 0 radical (unpaired) electrons. The van der Waals surface area contributed by atoms with E-state index in [0.29, 0.717) is 25.2 Å². The quantitative estimate of drug-likeness (QED) is 0.492. The van der Waals surface area contributed by atoms with E-state index in [1.54, 1.807) is 16.8 Å². The molecule has 25 heavy (non-hydrogen) atoms. The van der Waals surface area contributed by atoms with Crippen molar-refractivity contribution in [3.8, 4) is 5.13 Å². The number of aromatic nitrogens is 3. The molecule has 0 aliphatic rings. The number of fused-ring (bicyclic) bond motifs is 1. The Morgan fingerprint density at radius 3 is 2.72 bits per heavy atom. The first-order valence-corrected chi connectivity index (χ1v) is 9.59. The van der Waals surface area contributed by atoms with Gasteiger partial charge in [-0.1, -0.05) is 46.7 Å². The maximum atomic E-state index is 12.5. The van der Waals surface area contributed by atoms with E-state index in [9.17, 15) is 4.79 Å². The lowest BCUT2D eigenvalue weighted by Crippen LogP contribution is -2.14. The second kappa shape index (κ2) is 6.42. The second-order valence-electron chi connectivity index (χ2n) is 5.24. The number of hydrogen-bond donors (Lipinski definition) is 1. The third-order valence-electron chi connectivity index (χ3n) is 3.44. The summed E-state index contributed by atoms with van der Waals surface area (Å²) in [7, 11) is 0. The molecule has 0 aliphatic heterocycles. The number of anilines is 1. The Kier molecular flexibility index (Phi) is 4.24. The maximum Gasteiger partial charge on any atom is 0.259 e. The van der Waals surface area contributed by atoms with Crippen LogP contribution in [0.5, 0.6) is 0 Å². The van der Waals surface area contributed by atoms with Gasteiger partial charge in [-0.2, -0.15) is 9.78 Å². The number of aryl methyl sites for hydroxylation is 1. The highest BCUT2D eigenvalue weighted by molar-refractivity contribution is 7.21. The lowest BCUT2D eigenvalue weighted by molar-refractivity contribution is 0.102. The zero-order valence-electron chi connectivity index (χ0n) is 12.8. The largest absolute Gasteiger partial charge is 0.306 e. The molecule has 0 fully saturated rings. The molecule has 0 unspecified atom stereocenters. The van der Waals surface area contributed by atoms with Crippen LogP contribution in [0.25, 0.3) is 15.3 Å². The molecule has 3 aromatic heterocycles. The molecular formula is C16H10Cl2N4OS2. The number of halogens is 2. The van der Waals surface area contributed by atoms with Gasteiger partial charge in [-0.05, 0) is 25.1 Å². The fourth-order valence-electron chi connectivity index (χ4n) is 2.36. The standard InChI is InChI=1S/C16H10Cl2N4OS2/c1-8-6-13(20-15(23)9-7-12(17)25-14(9)18)22(21-8)16-19-10-4-2-3-5-11(10)24-16/h2-7H,1H3,(H,20,23). The molecule has 0 bridgehead atoms. The highest BCUT2D eigenvalue weighted by Crippen LogP contribution is 2.32. The minimum atomic E-state index is -0.338. The van der Waals surface area contributed by atoms with Crippen LogP contribution in [0.2, 0.25) is 8.67 Å². The SMILES string of the molecule is Cc1cc(NC(=O)c2cc(Cl)sc2Cl)n(-c2nc3ccccc3s2)n1. The summed E-state index contributed by atoms with van der Waals surface area (Å²) in [5, 5.41) is 7.96. The maximum absolute atomic E-state index is 12.5. The third-order valence-corrected chi connectivity index (χ3v) is 5.94. The van der Waals surface area contributed by atoms with Crippen molar-refractivity contribution in [1.29, 1.82) is 0 Å². The first-order valence-electron chi connectivity index (χ1n) is 7.20. The number of carbonyl (C=O) groups is 1. The molecule has 9 heteroatoms. The summed E-state index contributed by atoms with van der Waals surface area (Å²) < 4.78 is 3.49. The van der Waals surface area contributed by atoms with Crippen molar-refractivity contribution in [3.63, 3.8) is 0 Å². The van der Waals surface area contributed by atoms with Gasteiger partial charge in [-0.25, -0.2) is 4.98 Å². The first-order chi connectivity index (χ1) is 12.0. The summed E-state index contributed by atoms with van der Waals surface area (Å²) in [6.45, 7) is 1.86. The lowest BCUT2D eigenvalue weighted by Gasteiger charge is -2.05. The van der Waals surface area contributed by atoms with Crippen molar-refractivity contribution in [1.82, 2.24) is 14.8 Å². The Morgan fingerprint density at radius 2 is 2.00 bits per heavy atom. The number of amides is 1. The third kappa shape index (κ3) is 3.16. The van der Waals surface area contributed by atoms with E-state index in [1.807, 2.05) is 31.2 Å². The van der Waals surface area contributed by atoms with E-state index in [1.165, 1.54) is 11.3 Å². The van der Waals surface area contributed by atoms with Crippen molar-refractivity contribution in [3.05, 3.63) is 56.3 Å². The number of benzene rings is 1. The van der Waals surface area contributed by atoms with Crippen LogP contribution < -0.4 is 5.32 Å². The lowest BCUT2D eigenvalue weighted by atomic mass is 10.3. The molecule has 1 N–H and O–H groups in total. The Morgan fingerprint density at radius 1 is 1.20 bits per heavy atom. The van der Waals surface area contributed by atoms with Crippen LogP contribution in [0, 0.1) is 6.92 Å². The predicted molar refractivity (Wildman–Crippen MR) is 104 cm³/mol. The zero-order valence-corrected chi connectivity index (χ0v) is 15.9. The summed E-state index contributed by atoms with van der Waals surface area (Å²) in [6.07, 6.45) is 0. The van der Waals surface area contributed by atoms with Gasteiger partial charge < -0.3 is 5.32 Å². The number of carbonyl (C=O) groups excluding carboxylic acids is 1. The molecule has 4 rings (SSSR count). The normalized spacial score (nSPS) is 11.2. The number of para-hydroxylation sites is 1. The van der Waals surface area contributed by atoms with Crippen LogP contribution in [-0.2, 0) is 0 Å². The molecule has 5 nitrogen and oxygen atoms in total. The molecule has 1 aromatic carbocycles. The number of rotatable bonds is 3. The average Bonchev–Trinajstić information content (AvgIpc) is 3.23. The van der Waals surface area contributed by atoms with E-state index in [-0.39, 0.29) is 5.91 Å². The van der Waals surface area contributed by atoms with Crippen LogP contribution in [0.15, 0.2) is 36.4 Å². The molecule has 0 aliphatic carbocycles. The minimum absolute atomic E-state index is 0.338. The van der Waals surface area contributed by atoms with Gasteiger partial charge in [0.1, 0.15) is 10.2 Å². The Balaban J connectivity index is 1.71. The van der Waals surface area contributed by atoms with Crippen LogP contribution >= 0.6 is 45.9 Å². The molecule has 0 saturated heterocycles. The Hall–Kier alpha value is -1.93. The van der Waals surface area contributed by atoms with E-state index < -0.39 is 0 Å². The van der Waals surface area contributed by atoms with E-state index in [0.717, 1.165) is 27.2 Å². The van der Waals surface area contributed by atoms with Crippen molar-refractivity contribution in [2.45, 2.75) is 6.92 Å². The average molecular weight is 409 g/mol. The molecule has 3 heterocycles. The van der Waals surface area contributed by atoms with Gasteiger partial charge >= 0.3 is 0 Å². The van der Waals surface area contributed by atoms with Gasteiger partial charge in [0.25, 0.3) is 5.91 Å². The predicted octanol–water partition coefficient (Wildman–Crippen LogP) is 5.41. The summed E-state index contributed by atoms with van der Waals surface area (Å²) in [5.74, 6) is 0.190. The topological polar surface area (TPSA) is 59.8 Å². The molecule has 0 saturated carbocycles.